The molecule has 45 heavy (non-hydrogen) atoms. The summed E-state index contributed by atoms with van der Waals surface area (Å²) in [7, 11) is 1.77. The number of carbonyl (C=O) groups is 1. The van der Waals surface area contributed by atoms with Gasteiger partial charge < -0.3 is 19.8 Å². The van der Waals surface area contributed by atoms with Gasteiger partial charge in [0.25, 0.3) is 5.56 Å². The number of hydrogen-bond donors (Lipinski definition) is 1. The minimum atomic E-state index is -1.04. The van der Waals surface area contributed by atoms with Gasteiger partial charge in [-0.3, -0.25) is 19.1 Å². The largest absolute Gasteiger partial charge is 0.507 e. The number of aryl methyl sites for hydroxylation is 1. The highest BCUT2D eigenvalue weighted by molar-refractivity contribution is 6.33. The Labute approximate surface area is 264 Å². The number of pyridine rings is 2. The van der Waals surface area contributed by atoms with Crippen molar-refractivity contribution < 1.29 is 18.7 Å². The quantitative estimate of drug-likeness (QED) is 0.271. The molecular formula is C34H34ClF2N5O3. The normalized spacial score (nSPS) is 17.9. The Hall–Kier alpha value is -4.44. The van der Waals surface area contributed by atoms with Crippen LogP contribution in [-0.2, 0) is 4.79 Å². The molecule has 8 nitrogen and oxygen atoms in total. The Balaban J connectivity index is 1.77. The Morgan fingerprint density at radius 1 is 1.13 bits per heavy atom. The third-order valence-electron chi connectivity index (χ3n) is 8.92. The highest BCUT2D eigenvalue weighted by Crippen LogP contribution is 2.46. The second kappa shape index (κ2) is 11.2. The summed E-state index contributed by atoms with van der Waals surface area (Å²) in [6.45, 7) is 12.3. The number of halogens is 3. The molecule has 0 radical (unpaired) electrons. The molecule has 2 aliphatic rings. The maximum atomic E-state index is 17.3. The first-order valence-corrected chi connectivity index (χ1v) is 15.2. The van der Waals surface area contributed by atoms with Crippen molar-refractivity contribution >= 4 is 39.8 Å². The molecule has 234 valence electrons. The van der Waals surface area contributed by atoms with Crippen molar-refractivity contribution in [2.24, 2.45) is 0 Å². The van der Waals surface area contributed by atoms with Crippen LogP contribution in [0.5, 0.6) is 5.75 Å². The zero-order valence-corrected chi connectivity index (χ0v) is 26.5. The van der Waals surface area contributed by atoms with Crippen molar-refractivity contribution in [3.05, 3.63) is 87.5 Å². The summed E-state index contributed by atoms with van der Waals surface area (Å²) in [6.07, 6.45) is 2.92. The van der Waals surface area contributed by atoms with Crippen LogP contribution in [0.2, 0.25) is 5.02 Å². The number of anilines is 2. The number of fused-ring (bicyclic) bond motifs is 5. The molecule has 2 aliphatic heterocycles. The van der Waals surface area contributed by atoms with E-state index in [1.165, 1.54) is 34.9 Å². The Morgan fingerprint density at radius 2 is 1.87 bits per heavy atom. The van der Waals surface area contributed by atoms with Gasteiger partial charge in [0.05, 0.1) is 39.2 Å². The second-order valence-corrected chi connectivity index (χ2v) is 12.6. The third-order valence-corrected chi connectivity index (χ3v) is 9.23. The van der Waals surface area contributed by atoms with Gasteiger partial charge in [0.1, 0.15) is 17.3 Å². The molecular weight excluding hydrogens is 600 g/mol. The first kappa shape index (κ1) is 30.6. The Kier molecular flexibility index (Phi) is 7.59. The smallest absolute Gasteiger partial charge is 0.281 e. The summed E-state index contributed by atoms with van der Waals surface area (Å²) in [6, 6.07) is 6.66. The molecule has 2 aromatic heterocycles. The van der Waals surface area contributed by atoms with E-state index in [1.807, 2.05) is 32.6 Å². The van der Waals surface area contributed by atoms with Gasteiger partial charge in [0, 0.05) is 49.9 Å². The SMILES string of the molecule is C=CC(=O)N1CC2CN(C)c3c(c4cc(F)c(-c5c(O)cccc5Cl)c(F)c4n(-c4c(C)ccnc4C(C)C)c3=O)N2CC1C. The molecule has 1 fully saturated rings. The lowest BCUT2D eigenvalue weighted by molar-refractivity contribution is -0.128. The number of carbonyl (C=O) groups excluding carboxylic acids is 1. The minimum absolute atomic E-state index is 0.0453. The standard InChI is InChI=1S/C34H34ClF2N5O3/c1-7-25(44)40-16-20-15-39(6)33-32(41(20)14-19(40)5)21-13-23(36)27(26-22(35)9-8-10-24(26)43)28(37)31(21)42(34(33)45)30-18(4)11-12-38-29(30)17(2)3/h7-13,17,19-20,43H,1,14-16H2,2-6H3. The number of phenols is 1. The molecule has 1 amide bonds. The molecule has 0 bridgehead atoms. The van der Waals surface area contributed by atoms with E-state index in [0.29, 0.717) is 48.0 Å². The summed E-state index contributed by atoms with van der Waals surface area (Å²) in [5, 5.41) is 10.9. The van der Waals surface area contributed by atoms with Crippen LogP contribution in [0.15, 0.2) is 54.0 Å². The summed E-state index contributed by atoms with van der Waals surface area (Å²) in [5.41, 5.74) is 0.960. The highest BCUT2D eigenvalue weighted by Gasteiger charge is 2.42. The fourth-order valence-corrected chi connectivity index (χ4v) is 7.13. The van der Waals surface area contributed by atoms with Crippen LogP contribution in [-0.4, -0.2) is 64.2 Å². The van der Waals surface area contributed by atoms with Crippen molar-refractivity contribution in [1.82, 2.24) is 14.5 Å². The summed E-state index contributed by atoms with van der Waals surface area (Å²) in [4.78, 5) is 37.6. The number of aromatic nitrogens is 2. The lowest BCUT2D eigenvalue weighted by Gasteiger charge is -2.51. The molecule has 1 N–H and O–H groups in total. The van der Waals surface area contributed by atoms with Crippen molar-refractivity contribution in [1.29, 1.82) is 0 Å². The van der Waals surface area contributed by atoms with Crippen LogP contribution < -0.4 is 15.4 Å². The fourth-order valence-electron chi connectivity index (χ4n) is 6.87. The molecule has 4 heterocycles. The predicted molar refractivity (Wildman–Crippen MR) is 174 cm³/mol. The molecule has 0 saturated carbocycles. The van der Waals surface area contributed by atoms with E-state index >= 15 is 8.78 Å². The van der Waals surface area contributed by atoms with Gasteiger partial charge in [-0.1, -0.05) is 38.1 Å². The lowest BCUT2D eigenvalue weighted by Crippen LogP contribution is -2.64. The molecule has 6 rings (SSSR count). The molecule has 2 unspecified atom stereocenters. The number of amides is 1. The minimum Gasteiger partial charge on any atom is -0.507 e. The van der Waals surface area contributed by atoms with E-state index in [2.05, 4.69) is 11.6 Å². The van der Waals surface area contributed by atoms with E-state index in [-0.39, 0.29) is 45.4 Å². The zero-order valence-electron chi connectivity index (χ0n) is 25.7. The monoisotopic (exact) mass is 633 g/mol. The molecule has 0 spiro atoms. The van der Waals surface area contributed by atoms with E-state index in [9.17, 15) is 14.7 Å². The molecule has 0 aliphatic carbocycles. The van der Waals surface area contributed by atoms with Gasteiger partial charge >= 0.3 is 0 Å². The maximum Gasteiger partial charge on any atom is 0.281 e. The number of rotatable bonds is 4. The van der Waals surface area contributed by atoms with Crippen LogP contribution in [0.3, 0.4) is 0 Å². The number of hydrogen-bond acceptors (Lipinski definition) is 6. The van der Waals surface area contributed by atoms with Crippen molar-refractivity contribution in [2.45, 2.75) is 45.7 Å². The fraction of sp³-hybridized carbons (Fsp3) is 0.324. The van der Waals surface area contributed by atoms with Gasteiger partial charge in [-0.15, -0.1) is 0 Å². The topological polar surface area (TPSA) is 81.9 Å². The number of piperazine rings is 1. The van der Waals surface area contributed by atoms with Crippen LogP contribution in [0.4, 0.5) is 20.2 Å². The van der Waals surface area contributed by atoms with E-state index < -0.39 is 28.5 Å². The Morgan fingerprint density at radius 3 is 2.53 bits per heavy atom. The number of benzene rings is 2. The summed E-state index contributed by atoms with van der Waals surface area (Å²) < 4.78 is 34.9. The third kappa shape index (κ3) is 4.65. The number of likely N-dealkylation sites (N-methyl/N-ethyl adjacent to an activating group) is 1. The van der Waals surface area contributed by atoms with Gasteiger partial charge in [-0.05, 0) is 55.7 Å². The molecule has 2 atom stereocenters. The highest BCUT2D eigenvalue weighted by atomic mass is 35.5. The average Bonchev–Trinajstić information content (AvgIpc) is 2.98. The van der Waals surface area contributed by atoms with Crippen molar-refractivity contribution in [3.63, 3.8) is 0 Å². The summed E-state index contributed by atoms with van der Waals surface area (Å²) in [5.74, 6) is -2.72. The first-order chi connectivity index (χ1) is 21.4. The number of nitrogens with zero attached hydrogens (tertiary/aromatic N) is 5. The van der Waals surface area contributed by atoms with E-state index in [1.54, 1.807) is 29.1 Å². The van der Waals surface area contributed by atoms with Crippen LogP contribution >= 0.6 is 11.6 Å². The number of aromatic hydroxyl groups is 1. The van der Waals surface area contributed by atoms with Gasteiger partial charge in [-0.2, -0.15) is 0 Å². The lowest BCUT2D eigenvalue weighted by atomic mass is 9.95. The zero-order chi connectivity index (χ0) is 32.5. The molecule has 4 aromatic rings. The molecule has 1 saturated heterocycles. The van der Waals surface area contributed by atoms with E-state index in [4.69, 9.17) is 11.6 Å². The van der Waals surface area contributed by atoms with Gasteiger partial charge in [0.15, 0.2) is 5.82 Å². The predicted octanol–water partition coefficient (Wildman–Crippen LogP) is 6.16. The maximum absolute atomic E-state index is 17.3. The van der Waals surface area contributed by atoms with E-state index in [0.717, 1.165) is 0 Å². The molecule has 2 aromatic carbocycles. The second-order valence-electron chi connectivity index (χ2n) is 12.2. The van der Waals surface area contributed by atoms with Crippen LogP contribution in [0.1, 0.15) is 37.9 Å². The van der Waals surface area contributed by atoms with Crippen LogP contribution in [0.25, 0.3) is 27.7 Å². The Bertz CT molecular complexity index is 1940. The van der Waals surface area contributed by atoms with Crippen molar-refractivity contribution in [2.75, 3.05) is 36.5 Å². The number of phenolic OH excluding ortho intramolecular Hbond substituents is 1. The molecule has 11 heteroatoms. The van der Waals surface area contributed by atoms with Gasteiger partial charge in [0.2, 0.25) is 5.91 Å². The summed E-state index contributed by atoms with van der Waals surface area (Å²) >= 11 is 6.41. The first-order valence-electron chi connectivity index (χ1n) is 14.8. The van der Waals surface area contributed by atoms with Crippen LogP contribution in [0, 0.1) is 18.6 Å². The van der Waals surface area contributed by atoms with Gasteiger partial charge in [-0.25, -0.2) is 8.78 Å². The average molecular weight is 634 g/mol. The van der Waals surface area contributed by atoms with Crippen molar-refractivity contribution in [3.8, 4) is 22.6 Å².